The van der Waals surface area contributed by atoms with Gasteiger partial charge in [-0.05, 0) is 37.8 Å². The van der Waals surface area contributed by atoms with Gasteiger partial charge in [-0.2, -0.15) is 0 Å². The molecule has 0 aliphatic heterocycles. The van der Waals surface area contributed by atoms with Gasteiger partial charge in [0, 0.05) is 24.6 Å². The van der Waals surface area contributed by atoms with Crippen molar-refractivity contribution in [1.29, 1.82) is 0 Å². The minimum absolute atomic E-state index is 0.0932. The smallest absolute Gasteiger partial charge is 0.259 e. The van der Waals surface area contributed by atoms with Gasteiger partial charge in [-0.25, -0.2) is 0 Å². The first-order chi connectivity index (χ1) is 8.03. The molecule has 2 aromatic heterocycles. The van der Waals surface area contributed by atoms with E-state index >= 15 is 0 Å². The summed E-state index contributed by atoms with van der Waals surface area (Å²) in [5.41, 5.74) is -0.0982. The number of pyridine rings is 1. The molecule has 3 nitrogen and oxygen atoms in total. The number of rotatable bonds is 4. The van der Waals surface area contributed by atoms with Crippen LogP contribution in [0.2, 0.25) is 0 Å². The molecule has 0 aromatic carbocycles. The molecule has 2 heterocycles. The first-order valence-corrected chi connectivity index (χ1v) is 6.53. The average molecular weight is 251 g/mol. The van der Waals surface area contributed by atoms with E-state index in [9.17, 15) is 4.79 Å². The van der Waals surface area contributed by atoms with Crippen molar-refractivity contribution < 1.29 is 4.74 Å². The molecule has 0 atom stereocenters. The number of thiophene rings is 1. The number of hydrogen-bond donors (Lipinski definition) is 0. The van der Waals surface area contributed by atoms with E-state index in [2.05, 4.69) is 0 Å². The molecule has 0 fully saturated rings. The van der Waals surface area contributed by atoms with Gasteiger partial charge in [-0.15, -0.1) is 11.3 Å². The van der Waals surface area contributed by atoms with Crippen molar-refractivity contribution in [1.82, 2.24) is 4.57 Å². The quantitative estimate of drug-likeness (QED) is 0.836. The molecular weight excluding hydrogens is 234 g/mol. The van der Waals surface area contributed by atoms with Crippen molar-refractivity contribution in [3.8, 4) is 0 Å². The molecule has 0 bridgehead atoms. The van der Waals surface area contributed by atoms with Gasteiger partial charge in [0.05, 0.1) is 11.0 Å². The minimum Gasteiger partial charge on any atom is -0.379 e. The third-order valence-corrected chi connectivity index (χ3v) is 3.98. The zero-order valence-electron chi connectivity index (χ0n) is 10.4. The van der Waals surface area contributed by atoms with Gasteiger partial charge >= 0.3 is 0 Å². The first kappa shape index (κ1) is 12.3. The Labute approximate surface area is 105 Å². The third-order valence-electron chi connectivity index (χ3n) is 3.10. The maximum absolute atomic E-state index is 12.1. The first-order valence-electron chi connectivity index (χ1n) is 5.65. The normalized spacial score (nSPS) is 12.2. The Morgan fingerprint density at radius 3 is 2.88 bits per heavy atom. The van der Waals surface area contributed by atoms with E-state index in [-0.39, 0.29) is 11.2 Å². The van der Waals surface area contributed by atoms with Gasteiger partial charge in [0.1, 0.15) is 0 Å². The van der Waals surface area contributed by atoms with E-state index in [1.807, 2.05) is 37.6 Å². The van der Waals surface area contributed by atoms with Crippen molar-refractivity contribution >= 4 is 21.4 Å². The predicted molar refractivity (Wildman–Crippen MR) is 71.8 cm³/mol. The van der Waals surface area contributed by atoms with E-state index in [0.29, 0.717) is 6.54 Å². The summed E-state index contributed by atoms with van der Waals surface area (Å²) in [5.74, 6) is 0. The molecule has 0 saturated heterocycles. The number of aryl methyl sites for hydroxylation is 1. The van der Waals surface area contributed by atoms with Crippen molar-refractivity contribution in [2.75, 3.05) is 7.11 Å². The van der Waals surface area contributed by atoms with Crippen LogP contribution in [0.3, 0.4) is 0 Å². The lowest BCUT2D eigenvalue weighted by atomic mass is 10.1. The summed E-state index contributed by atoms with van der Waals surface area (Å²) < 4.78 is 8.17. The molecule has 0 aliphatic carbocycles. The highest BCUT2D eigenvalue weighted by molar-refractivity contribution is 7.17. The summed E-state index contributed by atoms with van der Waals surface area (Å²) in [6.07, 6.45) is 2.69. The molecule has 0 amide bonds. The second kappa shape index (κ2) is 4.63. The Morgan fingerprint density at radius 1 is 1.41 bits per heavy atom. The monoisotopic (exact) mass is 251 g/mol. The SMILES string of the molecule is COC(C)(C)CCn1ccc2sccc2c1=O. The summed E-state index contributed by atoms with van der Waals surface area (Å²) in [4.78, 5) is 12.1. The van der Waals surface area contributed by atoms with E-state index < -0.39 is 0 Å². The van der Waals surface area contributed by atoms with Crippen LogP contribution in [0.25, 0.3) is 10.1 Å². The van der Waals surface area contributed by atoms with Crippen LogP contribution in [0.4, 0.5) is 0 Å². The standard InChI is InChI=1S/C13H17NO2S/c1-13(2,16-3)6-8-14-7-4-11-10(12(14)15)5-9-17-11/h4-5,7,9H,6,8H2,1-3H3. The van der Waals surface area contributed by atoms with Crippen LogP contribution >= 0.6 is 11.3 Å². The fourth-order valence-corrected chi connectivity index (χ4v) is 2.45. The fourth-order valence-electron chi connectivity index (χ4n) is 1.67. The Balaban J connectivity index is 2.25. The lowest BCUT2D eigenvalue weighted by Gasteiger charge is -2.23. The Bertz CT molecular complexity index is 568. The Hall–Kier alpha value is -1.13. The number of nitrogens with zero attached hydrogens (tertiary/aromatic N) is 1. The van der Waals surface area contributed by atoms with Crippen LogP contribution in [0, 0.1) is 0 Å². The second-order valence-corrected chi connectivity index (χ2v) is 5.67. The van der Waals surface area contributed by atoms with Gasteiger partial charge in [0.2, 0.25) is 0 Å². The molecule has 2 rings (SSSR count). The largest absolute Gasteiger partial charge is 0.379 e. The van der Waals surface area contributed by atoms with Gasteiger partial charge in [-0.1, -0.05) is 0 Å². The molecule has 0 saturated carbocycles. The number of fused-ring (bicyclic) bond motifs is 1. The maximum Gasteiger partial charge on any atom is 0.259 e. The van der Waals surface area contributed by atoms with E-state index in [1.54, 1.807) is 23.0 Å². The van der Waals surface area contributed by atoms with E-state index in [0.717, 1.165) is 16.5 Å². The molecule has 0 radical (unpaired) electrons. The lowest BCUT2D eigenvalue weighted by molar-refractivity contribution is 0.0119. The van der Waals surface area contributed by atoms with Crippen LogP contribution < -0.4 is 5.56 Å². The second-order valence-electron chi connectivity index (χ2n) is 4.73. The minimum atomic E-state index is -0.191. The molecule has 2 aromatic rings. The highest BCUT2D eigenvalue weighted by Gasteiger charge is 2.16. The van der Waals surface area contributed by atoms with Crippen LogP contribution in [-0.4, -0.2) is 17.3 Å². The van der Waals surface area contributed by atoms with Crippen molar-refractivity contribution in [2.24, 2.45) is 0 Å². The van der Waals surface area contributed by atoms with Crippen molar-refractivity contribution in [3.05, 3.63) is 34.1 Å². The molecule has 0 N–H and O–H groups in total. The van der Waals surface area contributed by atoms with Crippen LogP contribution in [-0.2, 0) is 11.3 Å². The summed E-state index contributed by atoms with van der Waals surface area (Å²) in [7, 11) is 1.70. The van der Waals surface area contributed by atoms with Gasteiger partial charge in [0.25, 0.3) is 5.56 Å². The summed E-state index contributed by atoms with van der Waals surface area (Å²) in [5, 5.41) is 2.77. The third kappa shape index (κ3) is 2.58. The molecule has 17 heavy (non-hydrogen) atoms. The van der Waals surface area contributed by atoms with Crippen LogP contribution in [0.5, 0.6) is 0 Å². The van der Waals surface area contributed by atoms with E-state index in [1.165, 1.54) is 0 Å². The van der Waals surface area contributed by atoms with Gasteiger partial charge < -0.3 is 9.30 Å². The molecule has 0 aliphatic rings. The van der Waals surface area contributed by atoms with E-state index in [4.69, 9.17) is 4.74 Å². The van der Waals surface area contributed by atoms with Gasteiger partial charge in [0.15, 0.2) is 0 Å². The van der Waals surface area contributed by atoms with Crippen LogP contribution in [0.1, 0.15) is 20.3 Å². The zero-order chi connectivity index (χ0) is 12.5. The Kier molecular flexibility index (Phi) is 3.35. The molecule has 4 heteroatoms. The maximum atomic E-state index is 12.1. The predicted octanol–water partition coefficient (Wildman–Crippen LogP) is 2.88. The number of methoxy groups -OCH3 is 1. The fraction of sp³-hybridized carbons (Fsp3) is 0.462. The number of ether oxygens (including phenoxy) is 1. The summed E-state index contributed by atoms with van der Waals surface area (Å²) in [6.45, 7) is 4.74. The topological polar surface area (TPSA) is 31.2 Å². The number of aromatic nitrogens is 1. The van der Waals surface area contributed by atoms with Crippen LogP contribution in [0.15, 0.2) is 28.5 Å². The zero-order valence-corrected chi connectivity index (χ0v) is 11.2. The summed E-state index contributed by atoms with van der Waals surface area (Å²) >= 11 is 1.60. The molecule has 0 spiro atoms. The van der Waals surface area contributed by atoms with Crippen molar-refractivity contribution in [2.45, 2.75) is 32.4 Å². The highest BCUT2D eigenvalue weighted by Crippen LogP contribution is 2.17. The molecule has 0 unspecified atom stereocenters. The average Bonchev–Trinajstić information content (AvgIpc) is 2.77. The highest BCUT2D eigenvalue weighted by atomic mass is 32.1. The summed E-state index contributed by atoms with van der Waals surface area (Å²) in [6, 6.07) is 3.89. The number of hydrogen-bond acceptors (Lipinski definition) is 3. The molecule has 92 valence electrons. The Morgan fingerprint density at radius 2 is 2.18 bits per heavy atom. The van der Waals surface area contributed by atoms with Crippen molar-refractivity contribution in [3.63, 3.8) is 0 Å². The van der Waals surface area contributed by atoms with Gasteiger partial charge in [-0.3, -0.25) is 4.79 Å². The molecular formula is C13H17NO2S. The lowest BCUT2D eigenvalue weighted by Crippen LogP contribution is -2.28.